The molecule has 1 aliphatic heterocycles. The molecule has 2 rings (SSSR count). The summed E-state index contributed by atoms with van der Waals surface area (Å²) in [5.74, 6) is -3.83. The molecule has 0 spiro atoms. The molecule has 1 aliphatic rings. The van der Waals surface area contributed by atoms with Crippen LogP contribution in [-0.2, 0) is 4.74 Å². The normalized spacial score (nSPS) is 20.5. The van der Waals surface area contributed by atoms with Crippen LogP contribution < -0.4 is 5.32 Å². The molecule has 1 N–H and O–H groups in total. The van der Waals surface area contributed by atoms with Gasteiger partial charge in [0.05, 0.1) is 12.7 Å². The van der Waals surface area contributed by atoms with Gasteiger partial charge in [-0.3, -0.25) is 4.90 Å². The van der Waals surface area contributed by atoms with Gasteiger partial charge in [-0.25, -0.2) is 13.2 Å². The molecule has 19 heavy (non-hydrogen) atoms. The smallest absolute Gasteiger partial charge is 0.194 e. The van der Waals surface area contributed by atoms with Crippen LogP contribution in [0.2, 0.25) is 0 Å². The first-order valence-electron chi connectivity index (χ1n) is 6.32. The summed E-state index contributed by atoms with van der Waals surface area (Å²) < 4.78 is 44.4. The van der Waals surface area contributed by atoms with Gasteiger partial charge in [0.2, 0.25) is 0 Å². The van der Waals surface area contributed by atoms with Crippen LogP contribution in [0, 0.1) is 17.5 Å². The summed E-state index contributed by atoms with van der Waals surface area (Å²) in [6, 6.07) is 1.89. The van der Waals surface area contributed by atoms with Crippen LogP contribution in [0.25, 0.3) is 0 Å². The van der Waals surface area contributed by atoms with Gasteiger partial charge in [-0.15, -0.1) is 0 Å². The van der Waals surface area contributed by atoms with Crippen molar-refractivity contribution in [1.82, 2.24) is 4.90 Å². The molecular formula is C13H17F3N2O. The average Bonchev–Trinajstić information content (AvgIpc) is 2.42. The van der Waals surface area contributed by atoms with Gasteiger partial charge >= 0.3 is 0 Å². The minimum Gasteiger partial charge on any atom is -0.382 e. The van der Waals surface area contributed by atoms with E-state index in [-0.39, 0.29) is 11.8 Å². The fourth-order valence-corrected chi connectivity index (χ4v) is 2.08. The summed E-state index contributed by atoms with van der Waals surface area (Å²) in [6.07, 6.45) is -0.0372. The fourth-order valence-electron chi connectivity index (χ4n) is 2.08. The predicted molar refractivity (Wildman–Crippen MR) is 66.7 cm³/mol. The van der Waals surface area contributed by atoms with Gasteiger partial charge in [-0.1, -0.05) is 6.92 Å². The second-order valence-electron chi connectivity index (χ2n) is 4.52. The van der Waals surface area contributed by atoms with Gasteiger partial charge in [0, 0.05) is 37.5 Å². The molecule has 1 fully saturated rings. The van der Waals surface area contributed by atoms with Gasteiger partial charge < -0.3 is 10.1 Å². The molecule has 0 radical (unpaired) electrons. The zero-order chi connectivity index (χ0) is 13.8. The summed E-state index contributed by atoms with van der Waals surface area (Å²) in [7, 11) is 0. The molecule has 1 heterocycles. The number of hydrogen-bond donors (Lipinski definition) is 1. The maximum absolute atomic E-state index is 13.0. The van der Waals surface area contributed by atoms with E-state index in [9.17, 15) is 13.2 Å². The molecule has 1 aromatic carbocycles. The van der Waals surface area contributed by atoms with Crippen LogP contribution in [0.15, 0.2) is 12.1 Å². The highest BCUT2D eigenvalue weighted by molar-refractivity contribution is 5.44. The van der Waals surface area contributed by atoms with Crippen LogP contribution >= 0.6 is 0 Å². The highest BCUT2D eigenvalue weighted by Crippen LogP contribution is 2.17. The average molecular weight is 274 g/mol. The Morgan fingerprint density at radius 1 is 1.32 bits per heavy atom. The number of rotatable bonds is 4. The van der Waals surface area contributed by atoms with Crippen molar-refractivity contribution in [3.8, 4) is 0 Å². The van der Waals surface area contributed by atoms with E-state index in [4.69, 9.17) is 4.74 Å². The molecule has 1 atom stereocenters. The quantitative estimate of drug-likeness (QED) is 0.852. The van der Waals surface area contributed by atoms with Gasteiger partial charge in [0.1, 0.15) is 0 Å². The molecule has 6 heteroatoms. The van der Waals surface area contributed by atoms with Crippen LogP contribution in [0.3, 0.4) is 0 Å². The summed E-state index contributed by atoms with van der Waals surface area (Å²) in [5, 5.41) is 2.87. The predicted octanol–water partition coefficient (Wildman–Crippen LogP) is 2.24. The van der Waals surface area contributed by atoms with Gasteiger partial charge in [-0.05, 0) is 6.54 Å². The Labute approximate surface area is 110 Å². The summed E-state index contributed by atoms with van der Waals surface area (Å²) in [6.45, 7) is 5.76. The highest BCUT2D eigenvalue weighted by atomic mass is 19.2. The Morgan fingerprint density at radius 2 is 2.00 bits per heavy atom. The van der Waals surface area contributed by atoms with E-state index < -0.39 is 17.5 Å². The van der Waals surface area contributed by atoms with Crippen molar-refractivity contribution in [2.75, 3.05) is 38.1 Å². The van der Waals surface area contributed by atoms with Crippen molar-refractivity contribution in [1.29, 1.82) is 0 Å². The number of halogens is 3. The van der Waals surface area contributed by atoms with Crippen molar-refractivity contribution in [2.45, 2.75) is 13.0 Å². The van der Waals surface area contributed by atoms with Crippen LogP contribution in [-0.4, -0.2) is 43.8 Å². The third kappa shape index (κ3) is 3.61. The maximum Gasteiger partial charge on any atom is 0.194 e. The molecule has 0 aliphatic carbocycles. The highest BCUT2D eigenvalue weighted by Gasteiger charge is 2.19. The van der Waals surface area contributed by atoms with E-state index in [1.54, 1.807) is 0 Å². The van der Waals surface area contributed by atoms with E-state index in [1.807, 2.05) is 0 Å². The van der Waals surface area contributed by atoms with E-state index in [1.165, 1.54) is 0 Å². The number of morpholine rings is 1. The van der Waals surface area contributed by atoms with Crippen LogP contribution in [0.4, 0.5) is 18.9 Å². The first-order valence-corrected chi connectivity index (χ1v) is 6.32. The topological polar surface area (TPSA) is 24.5 Å². The van der Waals surface area contributed by atoms with Crippen LogP contribution in [0.1, 0.15) is 6.92 Å². The lowest BCUT2D eigenvalue weighted by molar-refractivity contribution is -0.0191. The van der Waals surface area contributed by atoms with Gasteiger partial charge in [0.15, 0.2) is 17.5 Å². The van der Waals surface area contributed by atoms with E-state index in [0.29, 0.717) is 13.2 Å². The van der Waals surface area contributed by atoms with Crippen molar-refractivity contribution in [3.63, 3.8) is 0 Å². The van der Waals surface area contributed by atoms with Crippen molar-refractivity contribution >= 4 is 5.69 Å². The molecule has 0 bridgehead atoms. The largest absolute Gasteiger partial charge is 0.382 e. The number of anilines is 1. The molecule has 0 saturated carbocycles. The molecular weight excluding hydrogens is 257 g/mol. The number of hydrogen-bond acceptors (Lipinski definition) is 3. The lowest BCUT2D eigenvalue weighted by Crippen LogP contribution is -2.45. The maximum atomic E-state index is 13.0. The second kappa shape index (κ2) is 6.25. The molecule has 0 aromatic heterocycles. The molecule has 1 saturated heterocycles. The molecule has 106 valence electrons. The monoisotopic (exact) mass is 274 g/mol. The molecule has 3 nitrogen and oxygen atoms in total. The zero-order valence-electron chi connectivity index (χ0n) is 10.8. The molecule has 1 aromatic rings. The Balaban J connectivity index is 1.91. The Kier molecular flexibility index (Phi) is 4.66. The fraction of sp³-hybridized carbons (Fsp3) is 0.538. The van der Waals surface area contributed by atoms with Crippen molar-refractivity contribution < 1.29 is 17.9 Å². The van der Waals surface area contributed by atoms with Gasteiger partial charge in [0.25, 0.3) is 0 Å². The van der Waals surface area contributed by atoms with Crippen LogP contribution in [0.5, 0.6) is 0 Å². The van der Waals surface area contributed by atoms with Crippen molar-refractivity contribution in [2.24, 2.45) is 0 Å². The third-order valence-electron chi connectivity index (χ3n) is 3.19. The lowest BCUT2D eigenvalue weighted by atomic mass is 10.2. The summed E-state index contributed by atoms with van der Waals surface area (Å²) in [5.41, 5.74) is 0.216. The summed E-state index contributed by atoms with van der Waals surface area (Å²) in [4.78, 5) is 2.24. The minimum atomic E-state index is -1.45. The number of likely N-dealkylation sites (N-methyl/N-ethyl adjacent to an activating group) is 1. The first-order chi connectivity index (χ1) is 9.10. The first kappa shape index (κ1) is 14.1. The van der Waals surface area contributed by atoms with E-state index in [0.717, 1.165) is 31.8 Å². The van der Waals surface area contributed by atoms with E-state index in [2.05, 4.69) is 17.1 Å². The Hall–Kier alpha value is -1.27. The van der Waals surface area contributed by atoms with E-state index >= 15 is 0 Å². The summed E-state index contributed by atoms with van der Waals surface area (Å²) >= 11 is 0. The number of nitrogens with one attached hydrogen (secondary N) is 1. The SMILES string of the molecule is CCN1CCOC(CNc2cc(F)c(F)c(F)c2)C1. The molecule has 1 unspecified atom stereocenters. The van der Waals surface area contributed by atoms with Crippen molar-refractivity contribution in [3.05, 3.63) is 29.6 Å². The van der Waals surface area contributed by atoms with Gasteiger partial charge in [-0.2, -0.15) is 0 Å². The number of benzene rings is 1. The Bertz CT molecular complexity index is 419. The number of ether oxygens (including phenoxy) is 1. The second-order valence-corrected chi connectivity index (χ2v) is 4.52. The molecule has 0 amide bonds. The third-order valence-corrected chi connectivity index (χ3v) is 3.19. The minimum absolute atomic E-state index is 0.0372. The number of nitrogens with zero attached hydrogens (tertiary/aromatic N) is 1. The lowest BCUT2D eigenvalue weighted by Gasteiger charge is -2.32. The standard InChI is InChI=1S/C13H17F3N2O/c1-2-18-3-4-19-10(8-18)7-17-9-5-11(14)13(16)12(15)6-9/h5-6,10,17H,2-4,7-8H2,1H3. The Morgan fingerprint density at radius 3 is 2.63 bits per heavy atom. The zero-order valence-corrected chi connectivity index (χ0v) is 10.8.